The standard InChI is InChI=1S/C28H26N4O4/c1-17(2)27(35)31-22-12-5-4-11-21(22)26-28(36)32(24-14-7-6-13-23(24)30-26)16-25(34)29-20-10-8-9-19(15-20)18(3)33/h4-15,17H,16H2,1-3H3,(H,29,34)(H,31,35). The maximum absolute atomic E-state index is 13.6. The molecule has 0 saturated carbocycles. The minimum Gasteiger partial charge on any atom is -0.325 e. The van der Waals surface area contributed by atoms with Gasteiger partial charge in [-0.15, -0.1) is 0 Å². The highest BCUT2D eigenvalue weighted by Gasteiger charge is 2.19. The molecule has 0 bridgehead atoms. The van der Waals surface area contributed by atoms with Crippen LogP contribution in [0.15, 0.2) is 77.6 Å². The molecule has 36 heavy (non-hydrogen) atoms. The second-order valence-electron chi connectivity index (χ2n) is 8.72. The van der Waals surface area contributed by atoms with Crippen molar-refractivity contribution in [2.45, 2.75) is 27.3 Å². The summed E-state index contributed by atoms with van der Waals surface area (Å²) < 4.78 is 1.36. The van der Waals surface area contributed by atoms with Crippen LogP contribution in [0.3, 0.4) is 0 Å². The van der Waals surface area contributed by atoms with Gasteiger partial charge in [0.15, 0.2) is 5.78 Å². The number of rotatable bonds is 7. The van der Waals surface area contributed by atoms with Gasteiger partial charge in [0.05, 0.1) is 16.7 Å². The van der Waals surface area contributed by atoms with Gasteiger partial charge >= 0.3 is 0 Å². The summed E-state index contributed by atoms with van der Waals surface area (Å²) in [7, 11) is 0. The first-order chi connectivity index (χ1) is 17.2. The molecule has 8 heteroatoms. The first-order valence-corrected chi connectivity index (χ1v) is 11.6. The largest absolute Gasteiger partial charge is 0.325 e. The molecule has 2 amide bonds. The molecule has 2 N–H and O–H groups in total. The number of fused-ring (bicyclic) bond motifs is 1. The van der Waals surface area contributed by atoms with Crippen LogP contribution >= 0.6 is 0 Å². The number of anilines is 2. The van der Waals surface area contributed by atoms with Crippen molar-refractivity contribution in [1.82, 2.24) is 9.55 Å². The van der Waals surface area contributed by atoms with Crippen molar-refractivity contribution in [2.24, 2.45) is 5.92 Å². The molecule has 0 fully saturated rings. The van der Waals surface area contributed by atoms with E-state index in [1.165, 1.54) is 11.5 Å². The molecule has 8 nitrogen and oxygen atoms in total. The lowest BCUT2D eigenvalue weighted by atomic mass is 10.1. The zero-order valence-electron chi connectivity index (χ0n) is 20.2. The molecule has 1 heterocycles. The van der Waals surface area contributed by atoms with Crippen molar-refractivity contribution < 1.29 is 14.4 Å². The first kappa shape index (κ1) is 24.5. The third kappa shape index (κ3) is 5.22. The molecule has 3 aromatic carbocycles. The molecule has 0 atom stereocenters. The van der Waals surface area contributed by atoms with E-state index in [9.17, 15) is 19.2 Å². The van der Waals surface area contributed by atoms with E-state index in [0.29, 0.717) is 33.5 Å². The van der Waals surface area contributed by atoms with E-state index in [1.54, 1.807) is 86.6 Å². The van der Waals surface area contributed by atoms with Crippen LogP contribution < -0.4 is 16.2 Å². The fraction of sp³-hybridized carbons (Fsp3) is 0.179. The van der Waals surface area contributed by atoms with Crippen LogP contribution in [0.4, 0.5) is 11.4 Å². The molecular weight excluding hydrogens is 456 g/mol. The smallest absolute Gasteiger partial charge is 0.278 e. The van der Waals surface area contributed by atoms with Gasteiger partial charge in [-0.2, -0.15) is 0 Å². The lowest BCUT2D eigenvalue weighted by molar-refractivity contribution is -0.119. The number of benzene rings is 3. The minimum atomic E-state index is -0.465. The lowest BCUT2D eigenvalue weighted by Crippen LogP contribution is -2.30. The highest BCUT2D eigenvalue weighted by Crippen LogP contribution is 2.26. The predicted octanol–water partition coefficient (Wildman–Crippen LogP) is 4.50. The molecular formula is C28H26N4O4. The van der Waals surface area contributed by atoms with Crippen LogP contribution in [0.2, 0.25) is 0 Å². The summed E-state index contributed by atoms with van der Waals surface area (Å²) in [6.45, 7) is 4.75. The van der Waals surface area contributed by atoms with E-state index < -0.39 is 11.5 Å². The lowest BCUT2D eigenvalue weighted by Gasteiger charge is -2.15. The van der Waals surface area contributed by atoms with E-state index in [0.717, 1.165) is 0 Å². The Bertz CT molecular complexity index is 1540. The Labute approximate surface area is 208 Å². The Kier molecular flexibility index (Phi) is 7.05. The van der Waals surface area contributed by atoms with Crippen molar-refractivity contribution in [2.75, 3.05) is 10.6 Å². The number of para-hydroxylation sites is 3. The first-order valence-electron chi connectivity index (χ1n) is 11.6. The fourth-order valence-corrected chi connectivity index (χ4v) is 3.76. The number of Topliss-reactive ketones (excluding diaryl/α,β-unsaturated/α-hetero) is 1. The van der Waals surface area contributed by atoms with Gasteiger partial charge in [0.1, 0.15) is 12.2 Å². The zero-order valence-corrected chi connectivity index (χ0v) is 20.2. The SMILES string of the molecule is CC(=O)c1cccc(NC(=O)Cn2c(=O)c(-c3ccccc3NC(=O)C(C)C)nc3ccccc32)c1. The number of ketones is 1. The van der Waals surface area contributed by atoms with E-state index >= 15 is 0 Å². The second kappa shape index (κ2) is 10.4. The zero-order chi connectivity index (χ0) is 25.8. The average Bonchev–Trinajstić information content (AvgIpc) is 2.86. The average molecular weight is 483 g/mol. The summed E-state index contributed by atoms with van der Waals surface area (Å²) in [5, 5.41) is 5.62. The molecule has 4 aromatic rings. The van der Waals surface area contributed by atoms with Gasteiger partial charge in [-0.25, -0.2) is 4.98 Å². The summed E-state index contributed by atoms with van der Waals surface area (Å²) in [5.41, 5.74) is 2.56. The maximum atomic E-state index is 13.6. The minimum absolute atomic E-state index is 0.115. The Hall–Kier alpha value is -4.59. The predicted molar refractivity (Wildman–Crippen MR) is 140 cm³/mol. The van der Waals surface area contributed by atoms with Gasteiger partial charge in [0, 0.05) is 22.7 Å². The van der Waals surface area contributed by atoms with Crippen molar-refractivity contribution in [1.29, 1.82) is 0 Å². The summed E-state index contributed by atoms with van der Waals surface area (Å²) in [6, 6.07) is 20.6. The number of nitrogens with zero attached hydrogens (tertiary/aromatic N) is 2. The Morgan fingerprint density at radius 2 is 1.64 bits per heavy atom. The van der Waals surface area contributed by atoms with Crippen LogP contribution in [0, 0.1) is 5.92 Å². The van der Waals surface area contributed by atoms with Crippen LogP contribution in [0.5, 0.6) is 0 Å². The van der Waals surface area contributed by atoms with Gasteiger partial charge in [0.2, 0.25) is 11.8 Å². The Balaban J connectivity index is 1.75. The highest BCUT2D eigenvalue weighted by molar-refractivity contribution is 5.98. The second-order valence-corrected chi connectivity index (χ2v) is 8.72. The van der Waals surface area contributed by atoms with Gasteiger partial charge in [-0.3, -0.25) is 23.7 Å². The van der Waals surface area contributed by atoms with Gasteiger partial charge in [-0.05, 0) is 37.3 Å². The molecule has 0 aliphatic carbocycles. The highest BCUT2D eigenvalue weighted by atomic mass is 16.2. The molecule has 0 saturated heterocycles. The number of hydrogen-bond acceptors (Lipinski definition) is 5. The summed E-state index contributed by atoms with van der Waals surface area (Å²) >= 11 is 0. The number of nitrogens with one attached hydrogen (secondary N) is 2. The van der Waals surface area contributed by atoms with Crippen LogP contribution in [-0.4, -0.2) is 27.1 Å². The number of carbonyl (C=O) groups is 3. The van der Waals surface area contributed by atoms with Crippen LogP contribution in [-0.2, 0) is 16.1 Å². The van der Waals surface area contributed by atoms with Gasteiger partial charge in [-0.1, -0.05) is 56.3 Å². The quantitative estimate of drug-likeness (QED) is 0.377. The van der Waals surface area contributed by atoms with E-state index in [2.05, 4.69) is 15.6 Å². The van der Waals surface area contributed by atoms with Gasteiger partial charge in [0.25, 0.3) is 5.56 Å². The van der Waals surface area contributed by atoms with Crippen molar-refractivity contribution in [3.8, 4) is 11.3 Å². The van der Waals surface area contributed by atoms with Crippen LogP contribution in [0.25, 0.3) is 22.3 Å². The Morgan fingerprint density at radius 1 is 0.917 bits per heavy atom. The normalized spacial score (nSPS) is 10.9. The van der Waals surface area contributed by atoms with Crippen LogP contribution in [0.1, 0.15) is 31.1 Å². The summed E-state index contributed by atoms with van der Waals surface area (Å²) in [6.07, 6.45) is 0. The third-order valence-electron chi connectivity index (χ3n) is 5.67. The summed E-state index contributed by atoms with van der Waals surface area (Å²) in [5.74, 6) is -0.975. The number of amides is 2. The maximum Gasteiger partial charge on any atom is 0.278 e. The monoisotopic (exact) mass is 482 g/mol. The van der Waals surface area contributed by atoms with Crippen molar-refractivity contribution >= 4 is 40.0 Å². The molecule has 0 spiro atoms. The fourth-order valence-electron chi connectivity index (χ4n) is 3.76. The van der Waals surface area contributed by atoms with E-state index in [4.69, 9.17) is 0 Å². The topological polar surface area (TPSA) is 110 Å². The molecule has 1 aromatic heterocycles. The molecule has 4 rings (SSSR count). The molecule has 0 aliphatic heterocycles. The van der Waals surface area contributed by atoms with Crippen molar-refractivity contribution in [3.63, 3.8) is 0 Å². The van der Waals surface area contributed by atoms with E-state index in [1.807, 2.05) is 0 Å². The number of carbonyl (C=O) groups excluding carboxylic acids is 3. The molecule has 182 valence electrons. The summed E-state index contributed by atoms with van der Waals surface area (Å²) in [4.78, 5) is 55.2. The number of aromatic nitrogens is 2. The molecule has 0 aliphatic rings. The molecule has 0 unspecified atom stereocenters. The van der Waals surface area contributed by atoms with E-state index in [-0.39, 0.29) is 29.8 Å². The molecule has 0 radical (unpaired) electrons. The van der Waals surface area contributed by atoms with Crippen molar-refractivity contribution in [3.05, 3.63) is 88.7 Å². The third-order valence-corrected chi connectivity index (χ3v) is 5.67. The van der Waals surface area contributed by atoms with Gasteiger partial charge < -0.3 is 10.6 Å². The number of hydrogen-bond donors (Lipinski definition) is 2. The Morgan fingerprint density at radius 3 is 2.39 bits per heavy atom.